The molecule has 0 aliphatic carbocycles. The van der Waals surface area contributed by atoms with Gasteiger partial charge < -0.3 is 16.2 Å². The minimum atomic E-state index is -1.01. The van der Waals surface area contributed by atoms with Gasteiger partial charge in [-0.1, -0.05) is 24.3 Å². The number of nitrogens with two attached hydrogens (primary N) is 1. The van der Waals surface area contributed by atoms with E-state index in [4.69, 9.17) is 10.8 Å². The van der Waals surface area contributed by atoms with E-state index in [9.17, 15) is 4.79 Å². The van der Waals surface area contributed by atoms with Crippen LogP contribution in [0.4, 0.5) is 4.79 Å². The molecule has 0 fully saturated rings. The quantitative estimate of drug-likeness (QED) is 0.668. The van der Waals surface area contributed by atoms with E-state index in [2.05, 4.69) is 5.32 Å². The van der Waals surface area contributed by atoms with Gasteiger partial charge in [0.2, 0.25) is 0 Å². The summed E-state index contributed by atoms with van der Waals surface area (Å²) >= 11 is 0. The molecule has 0 saturated heterocycles. The molecule has 76 valence electrons. The molecule has 0 spiro atoms. The number of carbonyl (C=O) groups is 1. The van der Waals surface area contributed by atoms with Crippen molar-refractivity contribution >= 4 is 6.09 Å². The van der Waals surface area contributed by atoms with Crippen molar-refractivity contribution in [1.82, 2.24) is 5.32 Å². The number of hydrogen-bond acceptors (Lipinski definition) is 2. The highest BCUT2D eigenvalue weighted by atomic mass is 16.4. The molecule has 0 aliphatic heterocycles. The highest BCUT2D eigenvalue weighted by molar-refractivity contribution is 5.64. The molecule has 0 heterocycles. The fraction of sp³-hybridized carbons (Fsp3) is 0.300. The fourth-order valence-electron chi connectivity index (χ4n) is 1.30. The number of carboxylic acid groups (broad SMARTS) is 1. The summed E-state index contributed by atoms with van der Waals surface area (Å²) in [5.41, 5.74) is 7.54. The van der Waals surface area contributed by atoms with Crippen molar-refractivity contribution in [1.29, 1.82) is 0 Å². The Bertz CT molecular complexity index is 313. The van der Waals surface area contributed by atoms with Crippen LogP contribution in [0.1, 0.15) is 11.1 Å². The summed E-state index contributed by atoms with van der Waals surface area (Å²) in [6.07, 6.45) is -0.232. The largest absolute Gasteiger partial charge is 0.465 e. The SMILES string of the molecule is NCCc1ccccc1CNC(=O)O. The summed E-state index contributed by atoms with van der Waals surface area (Å²) < 4.78 is 0. The van der Waals surface area contributed by atoms with Gasteiger partial charge in [0.25, 0.3) is 0 Å². The molecule has 4 N–H and O–H groups in total. The molecule has 4 heteroatoms. The summed E-state index contributed by atoms with van der Waals surface area (Å²) in [7, 11) is 0. The molecule has 14 heavy (non-hydrogen) atoms. The summed E-state index contributed by atoms with van der Waals surface area (Å²) in [6, 6.07) is 7.68. The number of hydrogen-bond donors (Lipinski definition) is 3. The average Bonchev–Trinajstić information content (AvgIpc) is 2.17. The van der Waals surface area contributed by atoms with Gasteiger partial charge in [0.1, 0.15) is 0 Å². The Labute approximate surface area is 82.7 Å². The standard InChI is InChI=1S/C10H14N2O2/c11-6-5-8-3-1-2-4-9(8)7-12-10(13)14/h1-4,12H,5-7,11H2,(H,13,14). The van der Waals surface area contributed by atoms with Crippen LogP contribution in [0.15, 0.2) is 24.3 Å². The third-order valence-corrected chi connectivity index (χ3v) is 1.96. The van der Waals surface area contributed by atoms with E-state index >= 15 is 0 Å². The van der Waals surface area contributed by atoms with E-state index in [1.165, 1.54) is 0 Å². The number of benzene rings is 1. The van der Waals surface area contributed by atoms with Gasteiger partial charge in [-0.2, -0.15) is 0 Å². The van der Waals surface area contributed by atoms with Gasteiger partial charge in [0, 0.05) is 6.54 Å². The summed E-state index contributed by atoms with van der Waals surface area (Å²) in [5.74, 6) is 0. The van der Waals surface area contributed by atoms with E-state index in [-0.39, 0.29) is 0 Å². The van der Waals surface area contributed by atoms with Gasteiger partial charge in [0.15, 0.2) is 0 Å². The van der Waals surface area contributed by atoms with Crippen molar-refractivity contribution in [2.24, 2.45) is 5.73 Å². The molecule has 0 aromatic heterocycles. The summed E-state index contributed by atoms with van der Waals surface area (Å²) in [5, 5.41) is 10.8. The Morgan fingerprint density at radius 2 is 2.00 bits per heavy atom. The maximum Gasteiger partial charge on any atom is 0.404 e. The normalized spacial score (nSPS) is 9.79. The smallest absolute Gasteiger partial charge is 0.404 e. The molecule has 1 aromatic carbocycles. The molecule has 1 amide bonds. The first kappa shape index (κ1) is 10.5. The van der Waals surface area contributed by atoms with Crippen LogP contribution in [-0.2, 0) is 13.0 Å². The van der Waals surface area contributed by atoms with Gasteiger partial charge >= 0.3 is 6.09 Å². The lowest BCUT2D eigenvalue weighted by molar-refractivity contribution is 0.194. The molecule has 0 saturated carbocycles. The van der Waals surface area contributed by atoms with Crippen LogP contribution in [0.25, 0.3) is 0 Å². The Hall–Kier alpha value is -1.55. The average molecular weight is 194 g/mol. The number of amides is 1. The molecule has 0 radical (unpaired) electrons. The first-order chi connectivity index (χ1) is 6.74. The van der Waals surface area contributed by atoms with Gasteiger partial charge in [-0.05, 0) is 24.1 Å². The number of nitrogens with one attached hydrogen (secondary N) is 1. The van der Waals surface area contributed by atoms with Crippen LogP contribution < -0.4 is 11.1 Å². The van der Waals surface area contributed by atoms with E-state index in [1.807, 2.05) is 24.3 Å². The molecular formula is C10H14N2O2. The molecular weight excluding hydrogens is 180 g/mol. The van der Waals surface area contributed by atoms with Crippen molar-refractivity contribution in [3.63, 3.8) is 0 Å². The second-order valence-corrected chi connectivity index (χ2v) is 2.97. The van der Waals surface area contributed by atoms with Crippen LogP contribution in [0.5, 0.6) is 0 Å². The minimum absolute atomic E-state index is 0.339. The lowest BCUT2D eigenvalue weighted by atomic mass is 10.0. The van der Waals surface area contributed by atoms with E-state index in [0.717, 1.165) is 17.5 Å². The molecule has 0 aliphatic rings. The Kier molecular flexibility index (Phi) is 3.94. The Morgan fingerprint density at radius 3 is 2.57 bits per heavy atom. The zero-order chi connectivity index (χ0) is 10.4. The molecule has 0 bridgehead atoms. The Balaban J connectivity index is 2.68. The van der Waals surface area contributed by atoms with Crippen molar-refractivity contribution in [2.45, 2.75) is 13.0 Å². The van der Waals surface area contributed by atoms with Crippen molar-refractivity contribution < 1.29 is 9.90 Å². The molecule has 1 rings (SSSR count). The zero-order valence-corrected chi connectivity index (χ0v) is 7.86. The van der Waals surface area contributed by atoms with Gasteiger partial charge in [0.05, 0.1) is 0 Å². The molecule has 4 nitrogen and oxygen atoms in total. The first-order valence-corrected chi connectivity index (χ1v) is 4.47. The monoisotopic (exact) mass is 194 g/mol. The highest BCUT2D eigenvalue weighted by Gasteiger charge is 2.01. The van der Waals surface area contributed by atoms with Gasteiger partial charge in [-0.3, -0.25) is 0 Å². The molecule has 0 atom stereocenters. The molecule has 1 aromatic rings. The van der Waals surface area contributed by atoms with Crippen LogP contribution >= 0.6 is 0 Å². The highest BCUT2D eigenvalue weighted by Crippen LogP contribution is 2.08. The maximum atomic E-state index is 10.3. The summed E-state index contributed by atoms with van der Waals surface area (Å²) in [4.78, 5) is 10.3. The van der Waals surface area contributed by atoms with E-state index in [0.29, 0.717) is 13.1 Å². The Morgan fingerprint density at radius 1 is 1.36 bits per heavy atom. The second-order valence-electron chi connectivity index (χ2n) is 2.97. The zero-order valence-electron chi connectivity index (χ0n) is 7.86. The van der Waals surface area contributed by atoms with E-state index in [1.54, 1.807) is 0 Å². The van der Waals surface area contributed by atoms with Crippen molar-refractivity contribution in [3.05, 3.63) is 35.4 Å². The van der Waals surface area contributed by atoms with Crippen LogP contribution in [0.3, 0.4) is 0 Å². The van der Waals surface area contributed by atoms with Crippen molar-refractivity contribution in [2.75, 3.05) is 6.54 Å². The first-order valence-electron chi connectivity index (χ1n) is 4.47. The lowest BCUT2D eigenvalue weighted by Gasteiger charge is -2.07. The third kappa shape index (κ3) is 3.06. The van der Waals surface area contributed by atoms with Crippen LogP contribution in [0.2, 0.25) is 0 Å². The van der Waals surface area contributed by atoms with E-state index < -0.39 is 6.09 Å². The fourth-order valence-corrected chi connectivity index (χ4v) is 1.30. The van der Waals surface area contributed by atoms with Crippen molar-refractivity contribution in [3.8, 4) is 0 Å². The molecule has 0 unspecified atom stereocenters. The maximum absolute atomic E-state index is 10.3. The van der Waals surface area contributed by atoms with Gasteiger partial charge in [-0.15, -0.1) is 0 Å². The van der Waals surface area contributed by atoms with Crippen LogP contribution in [0, 0.1) is 0 Å². The number of rotatable bonds is 4. The minimum Gasteiger partial charge on any atom is -0.465 e. The second kappa shape index (κ2) is 5.24. The third-order valence-electron chi connectivity index (χ3n) is 1.96. The van der Waals surface area contributed by atoms with Gasteiger partial charge in [-0.25, -0.2) is 4.79 Å². The topological polar surface area (TPSA) is 75.3 Å². The predicted octanol–water partition coefficient (Wildman–Crippen LogP) is 0.955. The lowest BCUT2D eigenvalue weighted by Crippen LogP contribution is -2.21. The predicted molar refractivity (Wildman–Crippen MR) is 54.1 cm³/mol. The summed E-state index contributed by atoms with van der Waals surface area (Å²) in [6.45, 7) is 0.912. The van der Waals surface area contributed by atoms with Crippen LogP contribution in [-0.4, -0.2) is 17.7 Å².